The van der Waals surface area contributed by atoms with Gasteiger partial charge < -0.3 is 9.64 Å². The van der Waals surface area contributed by atoms with Crippen LogP contribution in [0.5, 0.6) is 0 Å². The van der Waals surface area contributed by atoms with E-state index in [1.54, 1.807) is 4.90 Å². The first-order valence-electron chi connectivity index (χ1n) is 7.83. The number of H-pyrrole nitrogens is 1. The van der Waals surface area contributed by atoms with Crippen LogP contribution < -0.4 is 11.2 Å². The second-order valence-electron chi connectivity index (χ2n) is 5.73. The average molecular weight is 343 g/mol. The summed E-state index contributed by atoms with van der Waals surface area (Å²) in [4.78, 5) is 50.2. The van der Waals surface area contributed by atoms with Gasteiger partial charge in [-0.05, 0) is 17.5 Å². The van der Waals surface area contributed by atoms with Gasteiger partial charge in [0, 0.05) is 25.4 Å². The van der Waals surface area contributed by atoms with Gasteiger partial charge in [0.25, 0.3) is 11.5 Å². The Kier molecular flexibility index (Phi) is 4.78. The second-order valence-corrected chi connectivity index (χ2v) is 5.73. The highest BCUT2D eigenvalue weighted by Crippen LogP contribution is 2.18. The molecule has 1 aromatic carbocycles. The van der Waals surface area contributed by atoms with E-state index < -0.39 is 17.2 Å². The molecule has 3 rings (SSSR count). The standard InChI is InChI=1S/C17H17N3O5/c21-14-6-8-20(17(24)18-14)10-16(23)25-11-15(22)19-7-5-12-3-1-2-4-13(12)9-19/h1-4,6,8H,5,7,9-11H2,(H,18,21,24). The van der Waals surface area contributed by atoms with E-state index in [-0.39, 0.29) is 19.1 Å². The first-order valence-corrected chi connectivity index (χ1v) is 7.83. The average Bonchev–Trinajstić information content (AvgIpc) is 2.61. The zero-order valence-corrected chi connectivity index (χ0v) is 13.4. The van der Waals surface area contributed by atoms with Crippen LogP contribution in [0.1, 0.15) is 11.1 Å². The van der Waals surface area contributed by atoms with Crippen LogP contribution in [0.25, 0.3) is 0 Å². The van der Waals surface area contributed by atoms with E-state index in [1.165, 1.54) is 11.8 Å². The number of hydrogen-bond acceptors (Lipinski definition) is 5. The summed E-state index contributed by atoms with van der Waals surface area (Å²) in [7, 11) is 0. The Morgan fingerprint density at radius 1 is 1.12 bits per heavy atom. The SMILES string of the molecule is O=C(Cn1ccc(=O)[nH]c1=O)OCC(=O)N1CCc2ccccc2C1. The number of carbonyl (C=O) groups is 2. The van der Waals surface area contributed by atoms with E-state index in [2.05, 4.69) is 0 Å². The number of ether oxygens (including phenoxy) is 1. The molecular weight excluding hydrogens is 326 g/mol. The minimum absolute atomic E-state index is 0.281. The fraction of sp³-hybridized carbons (Fsp3) is 0.294. The smallest absolute Gasteiger partial charge is 0.328 e. The number of carbonyl (C=O) groups excluding carboxylic acids is 2. The van der Waals surface area contributed by atoms with Crippen LogP contribution in [-0.4, -0.2) is 39.5 Å². The summed E-state index contributed by atoms with van der Waals surface area (Å²) in [5, 5.41) is 0. The summed E-state index contributed by atoms with van der Waals surface area (Å²) in [5.74, 6) is -1.00. The first-order chi connectivity index (χ1) is 12.0. The highest BCUT2D eigenvalue weighted by Gasteiger charge is 2.21. The van der Waals surface area contributed by atoms with Crippen molar-refractivity contribution in [1.82, 2.24) is 14.5 Å². The van der Waals surface area contributed by atoms with Gasteiger partial charge in [0.2, 0.25) is 0 Å². The van der Waals surface area contributed by atoms with Crippen molar-refractivity contribution in [2.75, 3.05) is 13.2 Å². The third-order valence-electron chi connectivity index (χ3n) is 4.04. The first kappa shape index (κ1) is 16.7. The van der Waals surface area contributed by atoms with Gasteiger partial charge in [-0.3, -0.25) is 23.9 Å². The Morgan fingerprint density at radius 2 is 1.88 bits per heavy atom. The number of aromatic nitrogens is 2. The van der Waals surface area contributed by atoms with E-state index in [0.29, 0.717) is 13.1 Å². The van der Waals surface area contributed by atoms with Crippen molar-refractivity contribution in [3.63, 3.8) is 0 Å². The maximum atomic E-state index is 12.2. The van der Waals surface area contributed by atoms with Gasteiger partial charge >= 0.3 is 11.7 Å². The Morgan fingerprint density at radius 3 is 2.64 bits per heavy atom. The molecule has 1 aliphatic rings. The van der Waals surface area contributed by atoms with Crippen molar-refractivity contribution in [3.8, 4) is 0 Å². The monoisotopic (exact) mass is 343 g/mol. The molecule has 0 aliphatic carbocycles. The molecule has 0 unspecified atom stereocenters. The lowest BCUT2D eigenvalue weighted by molar-refractivity contribution is -0.153. The van der Waals surface area contributed by atoms with Crippen LogP contribution in [0.15, 0.2) is 46.1 Å². The predicted octanol–water partition coefficient (Wildman–Crippen LogP) is -0.335. The number of esters is 1. The van der Waals surface area contributed by atoms with Crippen molar-refractivity contribution < 1.29 is 14.3 Å². The molecule has 0 bridgehead atoms. The van der Waals surface area contributed by atoms with Crippen LogP contribution in [-0.2, 0) is 33.8 Å². The fourth-order valence-electron chi connectivity index (χ4n) is 2.70. The molecule has 0 spiro atoms. The number of rotatable bonds is 4. The molecule has 2 heterocycles. The maximum Gasteiger partial charge on any atom is 0.328 e. The van der Waals surface area contributed by atoms with Crippen molar-refractivity contribution >= 4 is 11.9 Å². The number of benzene rings is 1. The lowest BCUT2D eigenvalue weighted by Gasteiger charge is -2.28. The summed E-state index contributed by atoms with van der Waals surface area (Å²) >= 11 is 0. The Hall–Kier alpha value is -3.16. The van der Waals surface area contributed by atoms with Crippen LogP contribution in [0.3, 0.4) is 0 Å². The molecule has 2 aromatic rings. The van der Waals surface area contributed by atoms with Gasteiger partial charge in [-0.1, -0.05) is 24.3 Å². The van der Waals surface area contributed by atoms with Gasteiger partial charge in [-0.2, -0.15) is 0 Å². The molecule has 1 aliphatic heterocycles. The maximum absolute atomic E-state index is 12.2. The molecule has 25 heavy (non-hydrogen) atoms. The fourth-order valence-corrected chi connectivity index (χ4v) is 2.70. The Labute approximate surface area is 142 Å². The number of aromatic amines is 1. The van der Waals surface area contributed by atoms with E-state index >= 15 is 0 Å². The summed E-state index contributed by atoms with van der Waals surface area (Å²) in [6, 6.07) is 9.04. The third kappa shape index (κ3) is 4.03. The molecule has 1 aromatic heterocycles. The van der Waals surface area contributed by atoms with Crippen molar-refractivity contribution in [2.45, 2.75) is 19.5 Å². The molecule has 0 saturated heterocycles. The molecule has 0 radical (unpaired) electrons. The number of hydrogen-bond donors (Lipinski definition) is 1. The van der Waals surface area contributed by atoms with Gasteiger partial charge in [-0.15, -0.1) is 0 Å². The van der Waals surface area contributed by atoms with Crippen molar-refractivity contribution in [2.24, 2.45) is 0 Å². The topological polar surface area (TPSA) is 101 Å². The lowest BCUT2D eigenvalue weighted by Crippen LogP contribution is -2.39. The van der Waals surface area contributed by atoms with Crippen molar-refractivity contribution in [3.05, 3.63) is 68.5 Å². The summed E-state index contributed by atoms with van der Waals surface area (Å²) in [6.45, 7) is 0.323. The van der Waals surface area contributed by atoms with E-state index in [0.717, 1.165) is 22.6 Å². The lowest BCUT2D eigenvalue weighted by atomic mass is 10.00. The number of nitrogens with zero attached hydrogens (tertiary/aromatic N) is 2. The number of amides is 1. The highest BCUT2D eigenvalue weighted by atomic mass is 16.5. The van der Waals surface area contributed by atoms with Crippen molar-refractivity contribution in [1.29, 1.82) is 0 Å². The summed E-state index contributed by atoms with van der Waals surface area (Å²) in [6.07, 6.45) is 1.97. The van der Waals surface area contributed by atoms with Gasteiger partial charge in [-0.25, -0.2) is 4.79 Å². The second kappa shape index (κ2) is 7.16. The molecule has 130 valence electrons. The van der Waals surface area contributed by atoms with E-state index in [9.17, 15) is 19.2 Å². The summed E-state index contributed by atoms with van der Waals surface area (Å²) < 4.78 is 5.96. The number of nitrogens with one attached hydrogen (secondary N) is 1. The van der Waals surface area contributed by atoms with Gasteiger partial charge in [0.15, 0.2) is 6.61 Å². The molecule has 0 atom stereocenters. The minimum atomic E-state index is -0.722. The zero-order valence-electron chi connectivity index (χ0n) is 13.4. The molecule has 1 N–H and O–H groups in total. The van der Waals surface area contributed by atoms with Crippen LogP contribution >= 0.6 is 0 Å². The molecule has 1 amide bonds. The largest absolute Gasteiger partial charge is 0.454 e. The highest BCUT2D eigenvalue weighted by molar-refractivity contribution is 5.80. The minimum Gasteiger partial charge on any atom is -0.454 e. The molecular formula is C17H17N3O5. The number of fused-ring (bicyclic) bond motifs is 1. The molecule has 8 heteroatoms. The Bertz CT molecular complexity index is 915. The summed E-state index contributed by atoms with van der Waals surface area (Å²) in [5.41, 5.74) is 1.06. The van der Waals surface area contributed by atoms with Gasteiger partial charge in [0.05, 0.1) is 0 Å². The third-order valence-corrected chi connectivity index (χ3v) is 4.04. The molecule has 8 nitrogen and oxygen atoms in total. The van der Waals surface area contributed by atoms with Crippen LogP contribution in [0.2, 0.25) is 0 Å². The van der Waals surface area contributed by atoms with E-state index in [1.807, 2.05) is 29.2 Å². The normalized spacial score (nSPS) is 13.2. The quantitative estimate of drug-likeness (QED) is 0.766. The molecule has 0 fully saturated rings. The Balaban J connectivity index is 1.53. The van der Waals surface area contributed by atoms with E-state index in [4.69, 9.17) is 4.74 Å². The van der Waals surface area contributed by atoms with Gasteiger partial charge in [0.1, 0.15) is 6.54 Å². The van der Waals surface area contributed by atoms with Crippen LogP contribution in [0.4, 0.5) is 0 Å². The zero-order chi connectivity index (χ0) is 17.8. The predicted molar refractivity (Wildman–Crippen MR) is 87.8 cm³/mol. The molecule has 0 saturated carbocycles. The van der Waals surface area contributed by atoms with Crippen LogP contribution in [0, 0.1) is 0 Å².